The first-order valence-electron chi connectivity index (χ1n) is 7.85. The Morgan fingerprint density at radius 2 is 2.18 bits per heavy atom. The zero-order valence-corrected chi connectivity index (χ0v) is 13.9. The molecule has 1 fully saturated rings. The average molecular weight is 318 g/mol. The molecule has 3 rings (SSSR count). The number of nitrogens with zero attached hydrogens (tertiary/aromatic N) is 4. The van der Waals surface area contributed by atoms with Crippen LogP contribution in [-0.2, 0) is 6.42 Å². The van der Waals surface area contributed by atoms with Crippen molar-refractivity contribution in [2.45, 2.75) is 39.2 Å². The largest absolute Gasteiger partial charge is 0.339 e. The standard InChI is InChI=1S/C16H22N4OS/c1-12(2)20-11-17-18-15(20)9-13-3-6-19(7-4-13)16(21)14-5-8-22-10-14/h5,8,10-13H,3-4,6-7,9H2,1-2H3. The van der Waals surface area contributed by atoms with Crippen LogP contribution in [0.2, 0.25) is 0 Å². The Hall–Kier alpha value is -1.69. The Bertz CT molecular complexity index is 612. The fraction of sp³-hybridized carbons (Fsp3) is 0.562. The van der Waals surface area contributed by atoms with Crippen molar-refractivity contribution < 1.29 is 4.79 Å². The summed E-state index contributed by atoms with van der Waals surface area (Å²) >= 11 is 1.57. The van der Waals surface area contributed by atoms with E-state index in [0.29, 0.717) is 12.0 Å². The van der Waals surface area contributed by atoms with Crippen molar-refractivity contribution in [3.63, 3.8) is 0 Å². The molecule has 5 nitrogen and oxygen atoms in total. The van der Waals surface area contributed by atoms with Crippen LogP contribution in [0.5, 0.6) is 0 Å². The molecule has 0 spiro atoms. The van der Waals surface area contributed by atoms with Gasteiger partial charge in [0.25, 0.3) is 5.91 Å². The van der Waals surface area contributed by atoms with E-state index in [0.717, 1.165) is 43.7 Å². The fourth-order valence-corrected chi connectivity index (χ4v) is 3.64. The normalized spacial score (nSPS) is 16.4. The summed E-state index contributed by atoms with van der Waals surface area (Å²) in [5.74, 6) is 1.83. The Morgan fingerprint density at radius 3 is 2.82 bits per heavy atom. The summed E-state index contributed by atoms with van der Waals surface area (Å²) < 4.78 is 2.14. The number of rotatable bonds is 4. The van der Waals surface area contributed by atoms with Gasteiger partial charge < -0.3 is 9.47 Å². The highest BCUT2D eigenvalue weighted by Crippen LogP contribution is 2.23. The molecule has 22 heavy (non-hydrogen) atoms. The molecule has 1 aliphatic rings. The summed E-state index contributed by atoms with van der Waals surface area (Å²) in [5.41, 5.74) is 0.822. The van der Waals surface area contributed by atoms with Crippen LogP contribution < -0.4 is 0 Å². The van der Waals surface area contributed by atoms with E-state index in [1.54, 1.807) is 11.3 Å². The highest BCUT2D eigenvalue weighted by molar-refractivity contribution is 7.08. The second-order valence-corrected chi connectivity index (χ2v) is 6.98. The number of aromatic nitrogens is 3. The number of piperidine rings is 1. The minimum atomic E-state index is 0.171. The number of hydrogen-bond donors (Lipinski definition) is 0. The van der Waals surface area contributed by atoms with Gasteiger partial charge >= 0.3 is 0 Å². The molecule has 0 atom stereocenters. The van der Waals surface area contributed by atoms with Crippen LogP contribution >= 0.6 is 11.3 Å². The summed E-state index contributed by atoms with van der Waals surface area (Å²) in [7, 11) is 0. The lowest BCUT2D eigenvalue weighted by Crippen LogP contribution is -2.38. The summed E-state index contributed by atoms with van der Waals surface area (Å²) in [6.07, 6.45) is 4.86. The monoisotopic (exact) mass is 318 g/mol. The zero-order chi connectivity index (χ0) is 15.5. The van der Waals surface area contributed by atoms with E-state index in [4.69, 9.17) is 0 Å². The first-order chi connectivity index (χ1) is 10.6. The Kier molecular flexibility index (Phi) is 4.57. The first kappa shape index (κ1) is 15.2. The van der Waals surface area contributed by atoms with Crippen molar-refractivity contribution in [1.29, 1.82) is 0 Å². The summed E-state index contributed by atoms with van der Waals surface area (Å²) in [6.45, 7) is 5.98. The number of amides is 1. The second kappa shape index (κ2) is 6.60. The van der Waals surface area contributed by atoms with Gasteiger partial charge in [-0.1, -0.05) is 0 Å². The van der Waals surface area contributed by atoms with E-state index < -0.39 is 0 Å². The minimum Gasteiger partial charge on any atom is -0.339 e. The molecule has 3 heterocycles. The van der Waals surface area contributed by atoms with Gasteiger partial charge in [-0.05, 0) is 44.1 Å². The first-order valence-corrected chi connectivity index (χ1v) is 8.79. The predicted molar refractivity (Wildman–Crippen MR) is 87.1 cm³/mol. The summed E-state index contributed by atoms with van der Waals surface area (Å²) in [4.78, 5) is 14.3. The zero-order valence-electron chi connectivity index (χ0n) is 13.1. The Balaban J connectivity index is 1.56. The highest BCUT2D eigenvalue weighted by atomic mass is 32.1. The molecule has 1 aliphatic heterocycles. The molecule has 0 unspecified atom stereocenters. The third-order valence-corrected chi connectivity index (χ3v) is 5.03. The Morgan fingerprint density at radius 1 is 1.41 bits per heavy atom. The molecule has 2 aromatic rings. The molecule has 0 radical (unpaired) electrons. The molecule has 1 saturated heterocycles. The van der Waals surface area contributed by atoms with Gasteiger partial charge in [0.05, 0.1) is 5.56 Å². The van der Waals surface area contributed by atoms with Gasteiger partial charge in [0.15, 0.2) is 0 Å². The van der Waals surface area contributed by atoms with Crippen molar-refractivity contribution in [1.82, 2.24) is 19.7 Å². The van der Waals surface area contributed by atoms with Crippen LogP contribution in [-0.4, -0.2) is 38.7 Å². The average Bonchev–Trinajstić information content (AvgIpc) is 3.18. The van der Waals surface area contributed by atoms with E-state index in [1.807, 2.05) is 28.1 Å². The van der Waals surface area contributed by atoms with Crippen LogP contribution in [0.3, 0.4) is 0 Å². The fourth-order valence-electron chi connectivity index (χ4n) is 3.01. The lowest BCUT2D eigenvalue weighted by Gasteiger charge is -2.31. The second-order valence-electron chi connectivity index (χ2n) is 6.20. The SMILES string of the molecule is CC(C)n1cnnc1CC1CCN(C(=O)c2ccsc2)CC1. The third-order valence-electron chi connectivity index (χ3n) is 4.34. The van der Waals surface area contributed by atoms with Gasteiger partial charge in [0.2, 0.25) is 0 Å². The van der Waals surface area contributed by atoms with E-state index >= 15 is 0 Å². The third kappa shape index (κ3) is 3.21. The topological polar surface area (TPSA) is 51.0 Å². The molecule has 0 aliphatic carbocycles. The quantitative estimate of drug-likeness (QED) is 0.871. The molecular weight excluding hydrogens is 296 g/mol. The van der Waals surface area contributed by atoms with E-state index in [9.17, 15) is 4.79 Å². The van der Waals surface area contributed by atoms with Gasteiger partial charge in [-0.15, -0.1) is 10.2 Å². The minimum absolute atomic E-state index is 0.171. The number of hydrogen-bond acceptors (Lipinski definition) is 4. The smallest absolute Gasteiger partial charge is 0.254 e. The van der Waals surface area contributed by atoms with Crippen LogP contribution in [0.4, 0.5) is 0 Å². The van der Waals surface area contributed by atoms with Gasteiger partial charge in [-0.2, -0.15) is 11.3 Å². The van der Waals surface area contributed by atoms with Crippen LogP contribution in [0, 0.1) is 5.92 Å². The van der Waals surface area contributed by atoms with Gasteiger partial charge in [0.1, 0.15) is 12.2 Å². The van der Waals surface area contributed by atoms with Crippen molar-refractivity contribution in [2.24, 2.45) is 5.92 Å². The number of carbonyl (C=O) groups is 1. The molecular formula is C16H22N4OS. The van der Waals surface area contributed by atoms with E-state index in [1.165, 1.54) is 0 Å². The molecule has 0 saturated carbocycles. The van der Waals surface area contributed by atoms with Crippen LogP contribution in [0.25, 0.3) is 0 Å². The van der Waals surface area contributed by atoms with Crippen molar-refractivity contribution in [2.75, 3.05) is 13.1 Å². The maximum Gasteiger partial charge on any atom is 0.254 e. The van der Waals surface area contributed by atoms with Crippen molar-refractivity contribution in [3.8, 4) is 0 Å². The molecule has 0 bridgehead atoms. The van der Waals surface area contributed by atoms with E-state index in [2.05, 4.69) is 28.6 Å². The number of thiophene rings is 1. The highest BCUT2D eigenvalue weighted by Gasteiger charge is 2.25. The molecule has 1 amide bonds. The lowest BCUT2D eigenvalue weighted by atomic mass is 9.93. The summed E-state index contributed by atoms with van der Waals surface area (Å²) in [5, 5.41) is 12.2. The number of likely N-dealkylation sites (tertiary alicyclic amines) is 1. The Labute approximate surface area is 135 Å². The number of carbonyl (C=O) groups excluding carboxylic acids is 1. The predicted octanol–water partition coefficient (Wildman–Crippen LogP) is 3.02. The van der Waals surface area contributed by atoms with Crippen molar-refractivity contribution >= 4 is 17.2 Å². The maximum absolute atomic E-state index is 12.3. The van der Waals surface area contributed by atoms with E-state index in [-0.39, 0.29) is 5.91 Å². The van der Waals surface area contributed by atoms with Crippen LogP contribution in [0.15, 0.2) is 23.2 Å². The van der Waals surface area contributed by atoms with Crippen molar-refractivity contribution in [3.05, 3.63) is 34.5 Å². The van der Waals surface area contributed by atoms with Gasteiger partial charge in [-0.3, -0.25) is 4.79 Å². The molecule has 0 aromatic carbocycles. The summed E-state index contributed by atoms with van der Waals surface area (Å²) in [6, 6.07) is 2.30. The van der Waals surface area contributed by atoms with Crippen LogP contribution in [0.1, 0.15) is 48.9 Å². The molecule has 2 aromatic heterocycles. The lowest BCUT2D eigenvalue weighted by molar-refractivity contribution is 0.0690. The molecule has 118 valence electrons. The van der Waals surface area contributed by atoms with Gasteiger partial charge in [-0.25, -0.2) is 0 Å². The van der Waals surface area contributed by atoms with Gasteiger partial charge in [0, 0.05) is 30.9 Å². The molecule has 6 heteroatoms. The maximum atomic E-state index is 12.3. The molecule has 0 N–H and O–H groups in total.